The van der Waals surface area contributed by atoms with Crippen LogP contribution in [0.5, 0.6) is 0 Å². The van der Waals surface area contributed by atoms with Gasteiger partial charge in [-0.15, -0.1) is 0 Å². The van der Waals surface area contributed by atoms with E-state index in [1.165, 1.54) is 0 Å². The molecule has 21 heavy (non-hydrogen) atoms. The molecule has 2 rings (SSSR count). The van der Waals surface area contributed by atoms with E-state index in [0.717, 1.165) is 31.5 Å². The van der Waals surface area contributed by atoms with Gasteiger partial charge in [-0.05, 0) is 49.9 Å². The summed E-state index contributed by atoms with van der Waals surface area (Å²) in [6.45, 7) is 8.11. The minimum absolute atomic E-state index is 0.0287. The van der Waals surface area contributed by atoms with Crippen molar-refractivity contribution in [3.63, 3.8) is 0 Å². The number of hydrogen-bond acceptors (Lipinski definition) is 3. The predicted octanol–water partition coefficient (Wildman–Crippen LogP) is 3.09. The maximum absolute atomic E-state index is 14.5. The van der Waals surface area contributed by atoms with E-state index >= 15 is 0 Å². The molecule has 0 amide bonds. The molecule has 1 saturated heterocycles. The van der Waals surface area contributed by atoms with Gasteiger partial charge in [-0.1, -0.05) is 19.9 Å². The molecule has 0 aliphatic carbocycles. The fourth-order valence-corrected chi connectivity index (χ4v) is 3.09. The van der Waals surface area contributed by atoms with Crippen LogP contribution in [-0.2, 0) is 0 Å². The first-order chi connectivity index (χ1) is 10.1. The molecule has 2 N–H and O–H groups in total. The van der Waals surface area contributed by atoms with Gasteiger partial charge in [0.1, 0.15) is 5.82 Å². The molecule has 118 valence electrons. The van der Waals surface area contributed by atoms with E-state index in [1.807, 2.05) is 17.0 Å². The van der Waals surface area contributed by atoms with E-state index in [-0.39, 0.29) is 24.5 Å². The third-order valence-corrected chi connectivity index (χ3v) is 4.55. The normalized spacial score (nSPS) is 23.6. The fourth-order valence-electron chi connectivity index (χ4n) is 3.09. The Hall–Kier alpha value is -1.13. The highest BCUT2D eigenvalue weighted by Gasteiger charge is 2.32. The number of rotatable bonds is 6. The van der Waals surface area contributed by atoms with Gasteiger partial charge < -0.3 is 15.3 Å². The average molecular weight is 294 g/mol. The molecule has 1 fully saturated rings. The molecule has 1 aliphatic rings. The van der Waals surface area contributed by atoms with Crippen LogP contribution in [0, 0.1) is 11.7 Å². The van der Waals surface area contributed by atoms with Crippen LogP contribution in [0.2, 0.25) is 0 Å². The van der Waals surface area contributed by atoms with E-state index in [1.54, 1.807) is 6.07 Å². The molecule has 1 aliphatic heterocycles. The fraction of sp³-hybridized carbons (Fsp3) is 0.647. The number of benzene rings is 1. The lowest BCUT2D eigenvalue weighted by Crippen LogP contribution is -2.35. The van der Waals surface area contributed by atoms with Gasteiger partial charge in [-0.2, -0.15) is 0 Å². The van der Waals surface area contributed by atoms with Crippen LogP contribution in [0.3, 0.4) is 0 Å². The maximum Gasteiger partial charge on any atom is 0.146 e. The first-order valence-corrected chi connectivity index (χ1v) is 7.98. The van der Waals surface area contributed by atoms with Crippen molar-refractivity contribution in [3.8, 4) is 0 Å². The number of halogens is 1. The Morgan fingerprint density at radius 3 is 2.86 bits per heavy atom. The van der Waals surface area contributed by atoms with Gasteiger partial charge in [-0.3, -0.25) is 0 Å². The van der Waals surface area contributed by atoms with Gasteiger partial charge in [0.2, 0.25) is 0 Å². The van der Waals surface area contributed by atoms with Crippen molar-refractivity contribution >= 4 is 5.69 Å². The van der Waals surface area contributed by atoms with Gasteiger partial charge in [-0.25, -0.2) is 4.39 Å². The van der Waals surface area contributed by atoms with Gasteiger partial charge in [0.25, 0.3) is 0 Å². The summed E-state index contributed by atoms with van der Waals surface area (Å²) in [5.74, 6) is 0.212. The number of nitrogens with zero attached hydrogens (tertiary/aromatic N) is 1. The lowest BCUT2D eigenvalue weighted by Gasteiger charge is -2.28. The SMILES string of the molecule is CCCNC(C)c1ccc(N2CCC(C)C2CO)c(F)c1. The highest BCUT2D eigenvalue weighted by Crippen LogP contribution is 2.32. The summed E-state index contributed by atoms with van der Waals surface area (Å²) in [4.78, 5) is 2.01. The van der Waals surface area contributed by atoms with E-state index in [2.05, 4.69) is 26.1 Å². The quantitative estimate of drug-likeness (QED) is 0.846. The Balaban J connectivity index is 2.16. The molecular weight excluding hydrogens is 267 g/mol. The zero-order valence-electron chi connectivity index (χ0n) is 13.3. The zero-order chi connectivity index (χ0) is 15.4. The first kappa shape index (κ1) is 16.2. The summed E-state index contributed by atoms with van der Waals surface area (Å²) in [6, 6.07) is 5.65. The van der Waals surface area contributed by atoms with Crippen molar-refractivity contribution in [2.45, 2.75) is 45.7 Å². The van der Waals surface area contributed by atoms with Crippen molar-refractivity contribution in [3.05, 3.63) is 29.6 Å². The first-order valence-electron chi connectivity index (χ1n) is 7.98. The molecule has 4 heteroatoms. The van der Waals surface area contributed by atoms with Crippen molar-refractivity contribution in [1.82, 2.24) is 5.32 Å². The molecule has 3 unspecified atom stereocenters. The highest BCUT2D eigenvalue weighted by molar-refractivity contribution is 5.51. The molecule has 1 aromatic rings. The van der Waals surface area contributed by atoms with Crippen LogP contribution in [0.4, 0.5) is 10.1 Å². The van der Waals surface area contributed by atoms with Gasteiger partial charge in [0.05, 0.1) is 18.3 Å². The largest absolute Gasteiger partial charge is 0.394 e. The van der Waals surface area contributed by atoms with E-state index in [9.17, 15) is 9.50 Å². The number of hydrogen-bond donors (Lipinski definition) is 2. The Labute approximate surface area is 127 Å². The number of anilines is 1. The van der Waals surface area contributed by atoms with Crippen LogP contribution in [0.15, 0.2) is 18.2 Å². The van der Waals surface area contributed by atoms with Crippen molar-refractivity contribution in [2.24, 2.45) is 5.92 Å². The molecule has 0 saturated carbocycles. The van der Waals surface area contributed by atoms with Crippen LogP contribution >= 0.6 is 0 Å². The summed E-state index contributed by atoms with van der Waals surface area (Å²) in [7, 11) is 0. The smallest absolute Gasteiger partial charge is 0.146 e. The van der Waals surface area contributed by atoms with Gasteiger partial charge >= 0.3 is 0 Å². The van der Waals surface area contributed by atoms with Crippen LogP contribution in [0.25, 0.3) is 0 Å². The third-order valence-electron chi connectivity index (χ3n) is 4.55. The number of aliphatic hydroxyl groups excluding tert-OH is 1. The predicted molar refractivity (Wildman–Crippen MR) is 85.1 cm³/mol. The summed E-state index contributed by atoms with van der Waals surface area (Å²) in [5, 5.41) is 12.9. The third kappa shape index (κ3) is 3.55. The Bertz CT molecular complexity index is 466. The van der Waals surface area contributed by atoms with Crippen molar-refractivity contribution < 1.29 is 9.50 Å². The summed E-state index contributed by atoms with van der Waals surface area (Å²) in [6.07, 6.45) is 2.07. The maximum atomic E-state index is 14.5. The van der Waals surface area contributed by atoms with Gasteiger partial charge in [0, 0.05) is 12.6 Å². The number of nitrogens with one attached hydrogen (secondary N) is 1. The van der Waals surface area contributed by atoms with Gasteiger partial charge in [0.15, 0.2) is 0 Å². The van der Waals surface area contributed by atoms with E-state index in [0.29, 0.717) is 11.6 Å². The number of aliphatic hydroxyl groups is 1. The monoisotopic (exact) mass is 294 g/mol. The Morgan fingerprint density at radius 1 is 1.48 bits per heavy atom. The average Bonchev–Trinajstić information content (AvgIpc) is 2.85. The van der Waals surface area contributed by atoms with Crippen molar-refractivity contribution in [2.75, 3.05) is 24.6 Å². The van der Waals surface area contributed by atoms with Crippen LogP contribution in [-0.4, -0.2) is 30.8 Å². The van der Waals surface area contributed by atoms with E-state index < -0.39 is 0 Å². The second-order valence-electron chi connectivity index (χ2n) is 6.10. The summed E-state index contributed by atoms with van der Waals surface area (Å²) >= 11 is 0. The van der Waals surface area contributed by atoms with Crippen LogP contribution in [0.1, 0.15) is 45.2 Å². The molecule has 0 aromatic heterocycles. The molecule has 1 aromatic carbocycles. The minimum Gasteiger partial charge on any atom is -0.394 e. The second-order valence-corrected chi connectivity index (χ2v) is 6.10. The topological polar surface area (TPSA) is 35.5 Å². The lowest BCUT2D eigenvalue weighted by atomic mass is 10.0. The summed E-state index contributed by atoms with van der Waals surface area (Å²) < 4.78 is 14.5. The van der Waals surface area contributed by atoms with Crippen molar-refractivity contribution in [1.29, 1.82) is 0 Å². The standard InChI is InChI=1S/C17H27FN2O/c1-4-8-19-13(3)14-5-6-16(15(18)10-14)20-9-7-12(2)17(20)11-21/h5-6,10,12-13,17,19,21H,4,7-9,11H2,1-3H3. The van der Waals surface area contributed by atoms with E-state index in [4.69, 9.17) is 0 Å². The Kier molecular flexibility index (Phi) is 5.59. The zero-order valence-corrected chi connectivity index (χ0v) is 13.3. The van der Waals surface area contributed by atoms with Crippen LogP contribution < -0.4 is 10.2 Å². The second kappa shape index (κ2) is 7.23. The molecule has 0 radical (unpaired) electrons. The minimum atomic E-state index is -0.190. The molecule has 0 bridgehead atoms. The molecule has 1 heterocycles. The molecule has 0 spiro atoms. The lowest BCUT2D eigenvalue weighted by molar-refractivity contribution is 0.244. The molecule has 3 nitrogen and oxygen atoms in total. The highest BCUT2D eigenvalue weighted by atomic mass is 19.1. The summed E-state index contributed by atoms with van der Waals surface area (Å²) in [5.41, 5.74) is 1.59. The Morgan fingerprint density at radius 2 is 2.24 bits per heavy atom. The molecular formula is C17H27FN2O. The molecule has 3 atom stereocenters.